The minimum absolute atomic E-state index is 0.0248. The highest BCUT2D eigenvalue weighted by Gasteiger charge is 2.26. The molecule has 2 aromatic carbocycles. The topological polar surface area (TPSA) is 38.0 Å². The molecule has 0 amide bonds. The summed E-state index contributed by atoms with van der Waals surface area (Å²) in [6.45, 7) is 2.10. The molecule has 0 spiro atoms. The third kappa shape index (κ3) is 2.91. The molecular weight excluding hydrogens is 324 g/mol. The largest absolute Gasteiger partial charge is 0.271 e. The van der Waals surface area contributed by atoms with E-state index in [2.05, 4.69) is 70.7 Å². The molecular formula is C18H21BrN2. The third-order valence-electron chi connectivity index (χ3n) is 4.49. The summed E-state index contributed by atoms with van der Waals surface area (Å²) in [6.07, 6.45) is 3.93. The Bertz CT molecular complexity index is 635. The van der Waals surface area contributed by atoms with E-state index in [9.17, 15) is 0 Å². The molecule has 0 aromatic heterocycles. The van der Waals surface area contributed by atoms with Gasteiger partial charge in [0.1, 0.15) is 0 Å². The van der Waals surface area contributed by atoms with Gasteiger partial charge in [-0.25, -0.2) is 5.43 Å². The molecule has 1 saturated carbocycles. The van der Waals surface area contributed by atoms with Crippen molar-refractivity contribution in [2.45, 2.75) is 38.1 Å². The zero-order valence-electron chi connectivity index (χ0n) is 12.3. The minimum Gasteiger partial charge on any atom is -0.271 e. The molecule has 3 heteroatoms. The molecule has 2 nitrogen and oxygen atoms in total. The van der Waals surface area contributed by atoms with E-state index in [-0.39, 0.29) is 6.04 Å². The molecule has 0 aliphatic heterocycles. The van der Waals surface area contributed by atoms with Crippen LogP contribution in [0.3, 0.4) is 0 Å². The Morgan fingerprint density at radius 3 is 2.52 bits per heavy atom. The first-order chi connectivity index (χ1) is 10.2. The molecule has 21 heavy (non-hydrogen) atoms. The fourth-order valence-corrected chi connectivity index (χ4v) is 3.80. The molecule has 1 fully saturated rings. The summed E-state index contributed by atoms with van der Waals surface area (Å²) >= 11 is 3.68. The Kier molecular flexibility index (Phi) is 4.43. The smallest absolute Gasteiger partial charge is 0.0723 e. The summed E-state index contributed by atoms with van der Waals surface area (Å²) < 4.78 is 1.11. The van der Waals surface area contributed by atoms with Crippen LogP contribution in [0.4, 0.5) is 0 Å². The van der Waals surface area contributed by atoms with Crippen molar-refractivity contribution in [2.75, 3.05) is 0 Å². The predicted molar refractivity (Wildman–Crippen MR) is 91.1 cm³/mol. The van der Waals surface area contributed by atoms with Gasteiger partial charge < -0.3 is 0 Å². The fraction of sp³-hybridized carbons (Fsp3) is 0.333. The quantitative estimate of drug-likeness (QED) is 0.629. The fourth-order valence-electron chi connectivity index (χ4n) is 3.08. The number of hydrazine groups is 1. The molecule has 1 atom stereocenters. The lowest BCUT2D eigenvalue weighted by Gasteiger charge is -2.30. The van der Waals surface area contributed by atoms with Crippen LogP contribution in [0.15, 0.2) is 46.9 Å². The van der Waals surface area contributed by atoms with Crippen LogP contribution in [0.5, 0.6) is 0 Å². The van der Waals surface area contributed by atoms with E-state index in [0.717, 1.165) is 4.47 Å². The summed E-state index contributed by atoms with van der Waals surface area (Å²) in [4.78, 5) is 0. The van der Waals surface area contributed by atoms with Crippen molar-refractivity contribution in [3.05, 3.63) is 69.2 Å². The van der Waals surface area contributed by atoms with Gasteiger partial charge in [-0.05, 0) is 54.0 Å². The third-order valence-corrected chi connectivity index (χ3v) is 5.17. The van der Waals surface area contributed by atoms with E-state index in [1.165, 1.54) is 41.5 Å². The molecule has 1 aliphatic rings. The first kappa shape index (κ1) is 14.8. The van der Waals surface area contributed by atoms with Crippen LogP contribution in [-0.2, 0) is 0 Å². The first-order valence-electron chi connectivity index (χ1n) is 7.51. The van der Waals surface area contributed by atoms with E-state index in [1.807, 2.05) is 0 Å². The van der Waals surface area contributed by atoms with Gasteiger partial charge in [-0.15, -0.1) is 0 Å². The first-order valence-corrected chi connectivity index (χ1v) is 8.31. The standard InChI is InChI=1S/C18H21BrN2/c1-12-9-10-16(17(19)11-12)18(21-20)15-8-3-2-7-14(15)13-5-4-6-13/h2-3,7-11,13,18,21H,4-6,20H2,1H3. The molecule has 0 bridgehead atoms. The molecule has 1 aliphatic carbocycles. The Morgan fingerprint density at radius 2 is 1.90 bits per heavy atom. The number of rotatable bonds is 4. The van der Waals surface area contributed by atoms with E-state index in [4.69, 9.17) is 5.84 Å². The second-order valence-electron chi connectivity index (χ2n) is 5.88. The number of hydrogen-bond donors (Lipinski definition) is 2. The molecule has 2 aromatic rings. The molecule has 3 rings (SSSR count). The highest BCUT2D eigenvalue weighted by Crippen LogP contribution is 2.41. The van der Waals surface area contributed by atoms with Crippen LogP contribution < -0.4 is 11.3 Å². The highest BCUT2D eigenvalue weighted by atomic mass is 79.9. The van der Waals surface area contributed by atoms with E-state index in [0.29, 0.717) is 5.92 Å². The number of aryl methyl sites for hydroxylation is 1. The van der Waals surface area contributed by atoms with Crippen LogP contribution in [0.1, 0.15) is 53.5 Å². The Labute approximate surface area is 134 Å². The molecule has 0 saturated heterocycles. The van der Waals surface area contributed by atoms with E-state index >= 15 is 0 Å². The highest BCUT2D eigenvalue weighted by molar-refractivity contribution is 9.10. The summed E-state index contributed by atoms with van der Waals surface area (Å²) in [6, 6.07) is 15.1. The number of nitrogens with one attached hydrogen (secondary N) is 1. The zero-order chi connectivity index (χ0) is 14.8. The molecule has 3 N–H and O–H groups in total. The Balaban J connectivity index is 2.03. The summed E-state index contributed by atoms with van der Waals surface area (Å²) in [5.74, 6) is 6.60. The van der Waals surface area contributed by atoms with Crippen molar-refractivity contribution in [3.8, 4) is 0 Å². The lowest BCUT2D eigenvalue weighted by molar-refractivity contribution is 0.414. The van der Waals surface area contributed by atoms with Crippen LogP contribution >= 0.6 is 15.9 Å². The maximum Gasteiger partial charge on any atom is 0.0723 e. The average molecular weight is 345 g/mol. The maximum absolute atomic E-state index is 5.90. The number of nitrogens with two attached hydrogens (primary N) is 1. The van der Waals surface area contributed by atoms with Gasteiger partial charge in [-0.3, -0.25) is 5.84 Å². The van der Waals surface area contributed by atoms with Crippen molar-refractivity contribution in [1.29, 1.82) is 0 Å². The predicted octanol–water partition coefficient (Wildman–Crippen LogP) is 4.58. The van der Waals surface area contributed by atoms with Crippen molar-refractivity contribution in [2.24, 2.45) is 5.84 Å². The molecule has 110 valence electrons. The van der Waals surface area contributed by atoms with Crippen molar-refractivity contribution in [3.63, 3.8) is 0 Å². The van der Waals surface area contributed by atoms with Gasteiger partial charge >= 0.3 is 0 Å². The number of halogens is 1. The van der Waals surface area contributed by atoms with Gasteiger partial charge in [0.05, 0.1) is 6.04 Å². The van der Waals surface area contributed by atoms with E-state index in [1.54, 1.807) is 0 Å². The summed E-state index contributed by atoms with van der Waals surface area (Å²) in [5.41, 5.74) is 8.19. The van der Waals surface area contributed by atoms with Crippen LogP contribution in [0, 0.1) is 6.92 Å². The summed E-state index contributed by atoms with van der Waals surface area (Å²) in [5, 5.41) is 0. The van der Waals surface area contributed by atoms with Crippen LogP contribution in [0.2, 0.25) is 0 Å². The number of hydrogen-bond acceptors (Lipinski definition) is 2. The van der Waals surface area contributed by atoms with Crippen molar-refractivity contribution >= 4 is 15.9 Å². The van der Waals surface area contributed by atoms with Gasteiger partial charge in [-0.2, -0.15) is 0 Å². The van der Waals surface area contributed by atoms with Gasteiger partial charge in [0.2, 0.25) is 0 Å². The average Bonchev–Trinajstić information content (AvgIpc) is 2.41. The minimum atomic E-state index is 0.0248. The SMILES string of the molecule is Cc1ccc(C(NN)c2ccccc2C2CCC2)c(Br)c1. The van der Waals surface area contributed by atoms with Gasteiger partial charge in [0, 0.05) is 4.47 Å². The second kappa shape index (κ2) is 6.30. The normalized spacial score (nSPS) is 16.5. The lowest BCUT2D eigenvalue weighted by atomic mass is 9.76. The molecule has 0 heterocycles. The van der Waals surface area contributed by atoms with Crippen LogP contribution in [0.25, 0.3) is 0 Å². The Morgan fingerprint density at radius 1 is 1.14 bits per heavy atom. The van der Waals surface area contributed by atoms with Crippen molar-refractivity contribution in [1.82, 2.24) is 5.43 Å². The van der Waals surface area contributed by atoms with Crippen LogP contribution in [-0.4, -0.2) is 0 Å². The summed E-state index contributed by atoms with van der Waals surface area (Å²) in [7, 11) is 0. The monoisotopic (exact) mass is 344 g/mol. The Hall–Kier alpha value is -1.16. The van der Waals surface area contributed by atoms with Gasteiger partial charge in [-0.1, -0.05) is 58.7 Å². The lowest BCUT2D eigenvalue weighted by Crippen LogP contribution is -2.30. The van der Waals surface area contributed by atoms with Crippen molar-refractivity contribution < 1.29 is 0 Å². The maximum atomic E-state index is 5.90. The van der Waals surface area contributed by atoms with Gasteiger partial charge in [0.15, 0.2) is 0 Å². The molecule has 1 unspecified atom stereocenters. The molecule has 0 radical (unpaired) electrons. The van der Waals surface area contributed by atoms with E-state index < -0.39 is 0 Å². The second-order valence-corrected chi connectivity index (χ2v) is 6.74. The van der Waals surface area contributed by atoms with Gasteiger partial charge in [0.25, 0.3) is 0 Å². The number of benzene rings is 2. The zero-order valence-corrected chi connectivity index (χ0v) is 13.9.